The zero-order valence-corrected chi connectivity index (χ0v) is 13.5. The SMILES string of the molecule is CCCOc1ccccc1C(C)(O)CCNC(C)(C)C. The van der Waals surface area contributed by atoms with Gasteiger partial charge in [-0.25, -0.2) is 0 Å². The standard InChI is InChI=1S/C17H29NO2/c1-6-13-20-15-10-8-7-9-14(15)17(5,19)11-12-18-16(2,3)4/h7-10,18-19H,6,11-13H2,1-5H3. The van der Waals surface area contributed by atoms with Crippen molar-refractivity contribution >= 4 is 0 Å². The highest BCUT2D eigenvalue weighted by molar-refractivity contribution is 5.37. The molecule has 0 radical (unpaired) electrons. The molecule has 0 aromatic heterocycles. The molecular formula is C17H29NO2. The first-order valence-electron chi connectivity index (χ1n) is 7.46. The lowest BCUT2D eigenvalue weighted by Crippen LogP contribution is -2.39. The molecule has 1 rings (SSSR count). The lowest BCUT2D eigenvalue weighted by atomic mass is 9.91. The van der Waals surface area contributed by atoms with Crippen LogP contribution in [-0.4, -0.2) is 23.8 Å². The summed E-state index contributed by atoms with van der Waals surface area (Å²) in [6, 6.07) is 7.76. The van der Waals surface area contributed by atoms with Gasteiger partial charge >= 0.3 is 0 Å². The van der Waals surface area contributed by atoms with Gasteiger partial charge in [0.2, 0.25) is 0 Å². The molecule has 0 spiro atoms. The summed E-state index contributed by atoms with van der Waals surface area (Å²) in [6.07, 6.45) is 1.61. The largest absolute Gasteiger partial charge is 0.493 e. The Bertz CT molecular complexity index is 408. The van der Waals surface area contributed by atoms with Gasteiger partial charge in [-0.05, 0) is 53.1 Å². The molecule has 2 N–H and O–H groups in total. The lowest BCUT2D eigenvalue weighted by Gasteiger charge is -2.28. The Kier molecular flexibility index (Phi) is 6.03. The van der Waals surface area contributed by atoms with Gasteiger partial charge < -0.3 is 15.2 Å². The Morgan fingerprint density at radius 3 is 2.40 bits per heavy atom. The van der Waals surface area contributed by atoms with Crippen molar-refractivity contribution in [3.63, 3.8) is 0 Å². The quantitative estimate of drug-likeness (QED) is 0.803. The molecule has 1 atom stereocenters. The lowest BCUT2D eigenvalue weighted by molar-refractivity contribution is 0.0432. The molecule has 0 amide bonds. The number of ether oxygens (including phenoxy) is 1. The summed E-state index contributed by atoms with van der Waals surface area (Å²) in [5.41, 5.74) is 0.0424. The van der Waals surface area contributed by atoms with E-state index in [0.29, 0.717) is 13.0 Å². The first kappa shape index (κ1) is 17.0. The van der Waals surface area contributed by atoms with Crippen molar-refractivity contribution in [1.29, 1.82) is 0 Å². The number of rotatable bonds is 7. The molecular weight excluding hydrogens is 250 g/mol. The van der Waals surface area contributed by atoms with Crippen LogP contribution in [0, 0.1) is 0 Å². The van der Waals surface area contributed by atoms with E-state index in [1.54, 1.807) is 0 Å². The van der Waals surface area contributed by atoms with Crippen molar-refractivity contribution in [2.45, 2.75) is 58.6 Å². The molecule has 0 aliphatic heterocycles. The van der Waals surface area contributed by atoms with Crippen molar-refractivity contribution in [1.82, 2.24) is 5.32 Å². The van der Waals surface area contributed by atoms with Crippen LogP contribution < -0.4 is 10.1 Å². The van der Waals surface area contributed by atoms with Gasteiger partial charge in [-0.1, -0.05) is 25.1 Å². The van der Waals surface area contributed by atoms with Crippen LogP contribution in [0.4, 0.5) is 0 Å². The monoisotopic (exact) mass is 279 g/mol. The summed E-state index contributed by atoms with van der Waals surface area (Å²) in [7, 11) is 0. The van der Waals surface area contributed by atoms with Gasteiger partial charge in [0.05, 0.1) is 12.2 Å². The second kappa shape index (κ2) is 7.09. The Labute approximate surface area is 123 Å². The van der Waals surface area contributed by atoms with Gasteiger partial charge in [0.15, 0.2) is 0 Å². The molecule has 114 valence electrons. The third-order valence-electron chi connectivity index (χ3n) is 3.20. The Morgan fingerprint density at radius 1 is 1.15 bits per heavy atom. The molecule has 0 saturated heterocycles. The third-order valence-corrected chi connectivity index (χ3v) is 3.20. The number of hydrogen-bond acceptors (Lipinski definition) is 3. The number of nitrogens with one attached hydrogen (secondary N) is 1. The first-order valence-corrected chi connectivity index (χ1v) is 7.46. The maximum atomic E-state index is 10.7. The minimum absolute atomic E-state index is 0.0638. The molecule has 1 aromatic rings. The van der Waals surface area contributed by atoms with Crippen LogP contribution in [0.1, 0.15) is 53.0 Å². The number of aliphatic hydroxyl groups is 1. The molecule has 3 heteroatoms. The number of hydrogen-bond donors (Lipinski definition) is 2. The number of para-hydroxylation sites is 1. The van der Waals surface area contributed by atoms with Crippen molar-refractivity contribution < 1.29 is 9.84 Å². The zero-order valence-electron chi connectivity index (χ0n) is 13.5. The average molecular weight is 279 g/mol. The van der Waals surface area contributed by atoms with E-state index in [1.807, 2.05) is 31.2 Å². The third kappa shape index (κ3) is 5.51. The summed E-state index contributed by atoms with van der Waals surface area (Å²) >= 11 is 0. The van der Waals surface area contributed by atoms with Crippen LogP contribution in [0.3, 0.4) is 0 Å². The van der Waals surface area contributed by atoms with Crippen LogP contribution >= 0.6 is 0 Å². The summed E-state index contributed by atoms with van der Waals surface area (Å²) < 4.78 is 5.74. The first-order chi connectivity index (χ1) is 9.26. The minimum atomic E-state index is -0.886. The molecule has 0 bridgehead atoms. The predicted molar refractivity (Wildman–Crippen MR) is 84.2 cm³/mol. The molecule has 1 unspecified atom stereocenters. The summed E-state index contributed by atoms with van der Waals surface area (Å²) in [6.45, 7) is 11.7. The van der Waals surface area contributed by atoms with E-state index in [-0.39, 0.29) is 5.54 Å². The Hall–Kier alpha value is -1.06. The molecule has 3 nitrogen and oxygen atoms in total. The van der Waals surface area contributed by atoms with Gasteiger partial charge in [0.25, 0.3) is 0 Å². The fraction of sp³-hybridized carbons (Fsp3) is 0.647. The van der Waals surface area contributed by atoms with Gasteiger partial charge in [0.1, 0.15) is 5.75 Å². The molecule has 0 saturated carbocycles. The highest BCUT2D eigenvalue weighted by Gasteiger charge is 2.26. The Balaban J connectivity index is 2.75. The Morgan fingerprint density at radius 2 is 1.80 bits per heavy atom. The van der Waals surface area contributed by atoms with Crippen LogP contribution in [0.25, 0.3) is 0 Å². The summed E-state index contributed by atoms with van der Waals surface area (Å²) in [4.78, 5) is 0. The van der Waals surface area contributed by atoms with E-state index in [0.717, 1.165) is 24.3 Å². The van der Waals surface area contributed by atoms with Crippen molar-refractivity contribution in [3.8, 4) is 5.75 Å². The second-order valence-electron chi connectivity index (χ2n) is 6.55. The predicted octanol–water partition coefficient (Wildman–Crippen LogP) is 3.46. The highest BCUT2D eigenvalue weighted by Crippen LogP contribution is 2.32. The van der Waals surface area contributed by atoms with E-state index < -0.39 is 5.60 Å². The van der Waals surface area contributed by atoms with Gasteiger partial charge in [-0.3, -0.25) is 0 Å². The van der Waals surface area contributed by atoms with Crippen LogP contribution in [0.15, 0.2) is 24.3 Å². The van der Waals surface area contributed by atoms with E-state index in [9.17, 15) is 5.11 Å². The molecule has 0 fully saturated rings. The van der Waals surface area contributed by atoms with Gasteiger partial charge in [-0.2, -0.15) is 0 Å². The maximum Gasteiger partial charge on any atom is 0.125 e. The highest BCUT2D eigenvalue weighted by atomic mass is 16.5. The van der Waals surface area contributed by atoms with E-state index >= 15 is 0 Å². The van der Waals surface area contributed by atoms with Crippen LogP contribution in [0.5, 0.6) is 5.75 Å². The molecule has 0 aliphatic carbocycles. The van der Waals surface area contributed by atoms with E-state index in [4.69, 9.17) is 4.74 Å². The minimum Gasteiger partial charge on any atom is -0.493 e. The molecule has 20 heavy (non-hydrogen) atoms. The zero-order chi connectivity index (χ0) is 15.2. The maximum absolute atomic E-state index is 10.7. The van der Waals surface area contributed by atoms with Crippen molar-refractivity contribution in [2.24, 2.45) is 0 Å². The van der Waals surface area contributed by atoms with E-state index in [1.165, 1.54) is 0 Å². The smallest absolute Gasteiger partial charge is 0.125 e. The fourth-order valence-electron chi connectivity index (χ4n) is 2.07. The van der Waals surface area contributed by atoms with Crippen LogP contribution in [0.2, 0.25) is 0 Å². The normalized spacial score (nSPS) is 14.9. The van der Waals surface area contributed by atoms with Gasteiger partial charge in [-0.15, -0.1) is 0 Å². The summed E-state index contributed by atoms with van der Waals surface area (Å²) in [5, 5.41) is 14.2. The van der Waals surface area contributed by atoms with Crippen molar-refractivity contribution in [2.75, 3.05) is 13.2 Å². The molecule has 1 aromatic carbocycles. The second-order valence-corrected chi connectivity index (χ2v) is 6.55. The van der Waals surface area contributed by atoms with Crippen LogP contribution in [-0.2, 0) is 5.60 Å². The number of benzene rings is 1. The molecule has 0 heterocycles. The topological polar surface area (TPSA) is 41.5 Å². The average Bonchev–Trinajstić information content (AvgIpc) is 2.34. The van der Waals surface area contributed by atoms with Gasteiger partial charge in [0, 0.05) is 11.1 Å². The van der Waals surface area contributed by atoms with E-state index in [2.05, 4.69) is 33.0 Å². The van der Waals surface area contributed by atoms with Crippen molar-refractivity contribution in [3.05, 3.63) is 29.8 Å². The molecule has 0 aliphatic rings. The summed E-state index contributed by atoms with van der Waals surface area (Å²) in [5.74, 6) is 0.787. The fourth-order valence-corrected chi connectivity index (χ4v) is 2.07.